The number of carbonyl (C=O) groups is 1. The monoisotopic (exact) mass is 232 g/mol. The number of carboxylic acid groups (broad SMARTS) is 1. The first-order valence-electron chi connectivity index (χ1n) is 4.22. The van der Waals surface area contributed by atoms with Crippen molar-refractivity contribution in [2.24, 2.45) is 0 Å². The van der Waals surface area contributed by atoms with Gasteiger partial charge in [-0.15, -0.1) is 11.3 Å². The first-order chi connectivity index (χ1) is 6.65. The van der Waals surface area contributed by atoms with Gasteiger partial charge in [0.2, 0.25) is 0 Å². The third kappa shape index (κ3) is 1.43. The smallest absolute Gasteiger partial charge is 0.317 e. The van der Waals surface area contributed by atoms with Crippen molar-refractivity contribution in [3.63, 3.8) is 0 Å². The van der Waals surface area contributed by atoms with Crippen LogP contribution in [0, 0.1) is 0 Å². The minimum Gasteiger partial charge on any atom is -0.480 e. The van der Waals surface area contributed by atoms with E-state index in [1.807, 2.05) is 0 Å². The van der Waals surface area contributed by atoms with E-state index in [1.54, 1.807) is 12.1 Å². The highest BCUT2D eigenvalue weighted by molar-refractivity contribution is 7.16. The van der Waals surface area contributed by atoms with E-state index in [2.05, 4.69) is 0 Å². The molecule has 0 aliphatic carbocycles. The molecule has 1 unspecified atom stereocenters. The fraction of sp³-hybridized carbons (Fsp3) is 0.444. The summed E-state index contributed by atoms with van der Waals surface area (Å²) in [5.41, 5.74) is -0.863. The number of rotatable bonds is 2. The highest BCUT2D eigenvalue weighted by Gasteiger charge is 2.45. The zero-order valence-electron chi connectivity index (χ0n) is 7.33. The van der Waals surface area contributed by atoms with Gasteiger partial charge < -0.3 is 9.84 Å². The lowest BCUT2D eigenvalue weighted by atomic mass is 9.86. The Hall–Kier alpha value is -0.580. The van der Waals surface area contributed by atoms with Gasteiger partial charge in [-0.25, -0.2) is 0 Å². The topological polar surface area (TPSA) is 46.5 Å². The van der Waals surface area contributed by atoms with Gasteiger partial charge in [0.1, 0.15) is 5.41 Å². The van der Waals surface area contributed by atoms with Gasteiger partial charge in [-0.2, -0.15) is 0 Å². The third-order valence-corrected chi connectivity index (χ3v) is 3.91. The van der Waals surface area contributed by atoms with Crippen molar-refractivity contribution in [2.45, 2.75) is 11.8 Å². The molecule has 2 rings (SSSR count). The first-order valence-corrected chi connectivity index (χ1v) is 5.41. The van der Waals surface area contributed by atoms with Crippen LogP contribution in [0.3, 0.4) is 0 Å². The van der Waals surface area contributed by atoms with Crippen molar-refractivity contribution in [1.29, 1.82) is 0 Å². The Bertz CT molecular complexity index is 355. The second kappa shape index (κ2) is 3.53. The summed E-state index contributed by atoms with van der Waals surface area (Å²) in [6, 6.07) is 3.50. The molecule has 3 nitrogen and oxygen atoms in total. The minimum atomic E-state index is -0.863. The van der Waals surface area contributed by atoms with Crippen molar-refractivity contribution >= 4 is 28.9 Å². The Kier molecular flexibility index (Phi) is 2.51. The summed E-state index contributed by atoms with van der Waals surface area (Å²) in [6.45, 7) is 0.751. The molecular weight excluding hydrogens is 224 g/mol. The largest absolute Gasteiger partial charge is 0.480 e. The SMILES string of the molecule is O=C(O)C1(c2ccc(Cl)s2)CCOC1. The van der Waals surface area contributed by atoms with Crippen LogP contribution in [0.15, 0.2) is 12.1 Å². The molecule has 0 radical (unpaired) electrons. The molecule has 1 aliphatic rings. The Morgan fingerprint density at radius 1 is 1.64 bits per heavy atom. The van der Waals surface area contributed by atoms with Crippen molar-refractivity contribution in [3.8, 4) is 0 Å². The molecular formula is C9H9ClO3S. The van der Waals surface area contributed by atoms with Crippen LogP contribution < -0.4 is 0 Å². The van der Waals surface area contributed by atoms with E-state index in [-0.39, 0.29) is 6.61 Å². The second-order valence-corrected chi connectivity index (χ2v) is 5.01. The van der Waals surface area contributed by atoms with Crippen LogP contribution in [0.25, 0.3) is 0 Å². The summed E-state index contributed by atoms with van der Waals surface area (Å²) in [6.07, 6.45) is 0.527. The summed E-state index contributed by atoms with van der Waals surface area (Å²) in [7, 11) is 0. The molecule has 1 aromatic heterocycles. The lowest BCUT2D eigenvalue weighted by molar-refractivity contribution is -0.143. The predicted octanol–water partition coefficient (Wildman–Crippen LogP) is 2.14. The molecule has 2 heterocycles. The predicted molar refractivity (Wildman–Crippen MR) is 54.1 cm³/mol. The normalized spacial score (nSPS) is 26.6. The molecule has 1 fully saturated rings. The van der Waals surface area contributed by atoms with Crippen molar-refractivity contribution in [3.05, 3.63) is 21.3 Å². The molecule has 1 saturated heterocycles. The third-order valence-electron chi connectivity index (χ3n) is 2.48. The molecule has 0 aromatic carbocycles. The molecule has 0 saturated carbocycles. The van der Waals surface area contributed by atoms with Gasteiger partial charge in [0.15, 0.2) is 0 Å². The van der Waals surface area contributed by atoms with E-state index in [0.717, 1.165) is 4.88 Å². The summed E-state index contributed by atoms with van der Waals surface area (Å²) >= 11 is 7.11. The average Bonchev–Trinajstić information content (AvgIpc) is 2.71. The highest BCUT2D eigenvalue weighted by atomic mass is 35.5. The molecule has 1 aromatic rings. The zero-order chi connectivity index (χ0) is 10.2. The fourth-order valence-electron chi connectivity index (χ4n) is 1.60. The Morgan fingerprint density at radius 3 is 2.86 bits per heavy atom. The summed E-state index contributed by atoms with van der Waals surface area (Å²) in [5, 5.41) is 9.21. The van der Waals surface area contributed by atoms with Crippen molar-refractivity contribution in [2.75, 3.05) is 13.2 Å². The number of carboxylic acids is 1. The van der Waals surface area contributed by atoms with E-state index >= 15 is 0 Å². The molecule has 1 aliphatic heterocycles. The number of aliphatic carboxylic acids is 1. The first kappa shape index (κ1) is 9.96. The van der Waals surface area contributed by atoms with Gasteiger partial charge in [-0.3, -0.25) is 4.79 Å². The standard InChI is InChI=1S/C9H9ClO3S/c10-7-2-1-6(14-7)9(8(11)12)3-4-13-5-9/h1-2H,3-5H2,(H,11,12). The molecule has 0 bridgehead atoms. The maximum absolute atomic E-state index is 11.2. The van der Waals surface area contributed by atoms with Crippen LogP contribution in [0.5, 0.6) is 0 Å². The molecule has 76 valence electrons. The number of hydrogen-bond acceptors (Lipinski definition) is 3. The van der Waals surface area contributed by atoms with Crippen LogP contribution in [-0.4, -0.2) is 24.3 Å². The summed E-state index contributed by atoms with van der Waals surface area (Å²) < 4.78 is 5.79. The van der Waals surface area contributed by atoms with Crippen LogP contribution in [0.1, 0.15) is 11.3 Å². The molecule has 0 amide bonds. The zero-order valence-corrected chi connectivity index (χ0v) is 8.90. The Balaban J connectivity index is 2.41. The van der Waals surface area contributed by atoms with Crippen LogP contribution in [0.2, 0.25) is 4.34 Å². The molecule has 5 heteroatoms. The number of ether oxygens (including phenoxy) is 1. The molecule has 0 spiro atoms. The average molecular weight is 233 g/mol. The van der Waals surface area contributed by atoms with Gasteiger partial charge in [-0.05, 0) is 18.6 Å². The van der Waals surface area contributed by atoms with Gasteiger partial charge in [0.05, 0.1) is 10.9 Å². The van der Waals surface area contributed by atoms with Gasteiger partial charge >= 0.3 is 5.97 Å². The number of halogens is 1. The maximum atomic E-state index is 11.2. The summed E-state index contributed by atoms with van der Waals surface area (Å²) in [5.74, 6) is -0.825. The molecule has 1 atom stereocenters. The Labute approximate surface area is 90.3 Å². The minimum absolute atomic E-state index is 0.249. The van der Waals surface area contributed by atoms with E-state index in [1.165, 1.54) is 11.3 Å². The second-order valence-electron chi connectivity index (χ2n) is 3.29. The van der Waals surface area contributed by atoms with E-state index in [9.17, 15) is 9.90 Å². The number of hydrogen-bond donors (Lipinski definition) is 1. The van der Waals surface area contributed by atoms with E-state index in [0.29, 0.717) is 17.4 Å². The lowest BCUT2D eigenvalue weighted by Gasteiger charge is -2.19. The van der Waals surface area contributed by atoms with Gasteiger partial charge in [0.25, 0.3) is 0 Å². The quantitative estimate of drug-likeness (QED) is 0.850. The van der Waals surface area contributed by atoms with E-state index < -0.39 is 11.4 Å². The van der Waals surface area contributed by atoms with Crippen LogP contribution in [-0.2, 0) is 14.9 Å². The summed E-state index contributed by atoms with van der Waals surface area (Å²) in [4.78, 5) is 12.0. The van der Waals surface area contributed by atoms with Gasteiger partial charge in [-0.1, -0.05) is 11.6 Å². The van der Waals surface area contributed by atoms with Gasteiger partial charge in [0, 0.05) is 11.5 Å². The van der Waals surface area contributed by atoms with Crippen LogP contribution in [0.4, 0.5) is 0 Å². The molecule has 1 N–H and O–H groups in total. The van der Waals surface area contributed by atoms with Crippen molar-refractivity contribution < 1.29 is 14.6 Å². The van der Waals surface area contributed by atoms with E-state index in [4.69, 9.17) is 16.3 Å². The Morgan fingerprint density at radius 2 is 2.43 bits per heavy atom. The highest BCUT2D eigenvalue weighted by Crippen LogP contribution is 2.38. The lowest BCUT2D eigenvalue weighted by Crippen LogP contribution is -2.35. The fourth-order valence-corrected chi connectivity index (χ4v) is 2.84. The van der Waals surface area contributed by atoms with Crippen molar-refractivity contribution in [1.82, 2.24) is 0 Å². The molecule has 14 heavy (non-hydrogen) atoms. The maximum Gasteiger partial charge on any atom is 0.317 e. The van der Waals surface area contributed by atoms with Crippen LogP contribution >= 0.6 is 22.9 Å². The number of thiophene rings is 1.